The molecule has 0 saturated heterocycles. The van der Waals surface area contributed by atoms with Crippen LogP contribution in [0.2, 0.25) is 0 Å². The molecule has 1 atom stereocenters. The van der Waals surface area contributed by atoms with Crippen molar-refractivity contribution in [3.63, 3.8) is 0 Å². The topological polar surface area (TPSA) is 34.1 Å². The van der Waals surface area contributed by atoms with Crippen LogP contribution in [-0.2, 0) is 9.05 Å². The molecule has 16 heavy (non-hydrogen) atoms. The van der Waals surface area contributed by atoms with Gasteiger partial charge in [0.1, 0.15) is 0 Å². The van der Waals surface area contributed by atoms with Crippen molar-refractivity contribution in [3.05, 3.63) is 22.1 Å². The first-order valence-corrected chi connectivity index (χ1v) is 7.71. The van der Waals surface area contributed by atoms with Crippen LogP contribution in [0.15, 0.2) is 22.1 Å². The molecule has 4 heteroatoms. The zero-order valence-electron chi connectivity index (χ0n) is 10.5. The average molecular weight is 263 g/mol. The second kappa shape index (κ2) is 4.19. The predicted octanol–water partition coefficient (Wildman–Crippen LogP) is 3.84. The number of allylic oxidation sites excluding steroid dienone is 4. The minimum atomic E-state index is -3.59. The van der Waals surface area contributed by atoms with Crippen molar-refractivity contribution in [2.45, 2.75) is 41.0 Å². The van der Waals surface area contributed by atoms with Crippen molar-refractivity contribution in [3.8, 4) is 0 Å². The maximum absolute atomic E-state index is 11.4. The fraction of sp³-hybridized carbons (Fsp3) is 0.667. The summed E-state index contributed by atoms with van der Waals surface area (Å²) in [6, 6.07) is 0. The van der Waals surface area contributed by atoms with Crippen molar-refractivity contribution in [1.82, 2.24) is 0 Å². The van der Waals surface area contributed by atoms with Crippen LogP contribution >= 0.6 is 10.7 Å². The summed E-state index contributed by atoms with van der Waals surface area (Å²) in [5.41, 5.74) is 2.14. The highest BCUT2D eigenvalue weighted by Crippen LogP contribution is 2.40. The van der Waals surface area contributed by atoms with Gasteiger partial charge in [-0.25, -0.2) is 8.42 Å². The number of hydrogen-bond acceptors (Lipinski definition) is 2. The van der Waals surface area contributed by atoms with Gasteiger partial charge in [0, 0.05) is 10.7 Å². The van der Waals surface area contributed by atoms with E-state index in [9.17, 15) is 8.42 Å². The molecular weight excluding hydrogens is 244 g/mol. The lowest BCUT2D eigenvalue weighted by molar-refractivity contribution is 0.456. The van der Waals surface area contributed by atoms with E-state index in [4.69, 9.17) is 10.7 Å². The highest BCUT2D eigenvalue weighted by Gasteiger charge is 2.30. The second-order valence-corrected chi connectivity index (χ2v) is 8.04. The van der Waals surface area contributed by atoms with Crippen LogP contribution in [0.25, 0.3) is 0 Å². The van der Waals surface area contributed by atoms with E-state index in [0.717, 1.165) is 12.0 Å². The molecule has 0 heterocycles. The molecule has 92 valence electrons. The minimum absolute atomic E-state index is 0.0262. The van der Waals surface area contributed by atoms with E-state index < -0.39 is 9.05 Å². The molecule has 0 bridgehead atoms. The van der Waals surface area contributed by atoms with E-state index in [-0.39, 0.29) is 11.3 Å². The normalized spacial score (nSPS) is 23.4. The van der Waals surface area contributed by atoms with Crippen molar-refractivity contribution < 1.29 is 8.42 Å². The van der Waals surface area contributed by atoms with Gasteiger partial charge in [-0.1, -0.05) is 39.3 Å². The Morgan fingerprint density at radius 3 is 2.19 bits per heavy atom. The van der Waals surface area contributed by atoms with Crippen LogP contribution in [0.1, 0.15) is 41.0 Å². The third kappa shape index (κ3) is 2.89. The molecule has 1 unspecified atom stereocenters. The van der Waals surface area contributed by atoms with E-state index in [0.29, 0.717) is 4.91 Å². The smallest absolute Gasteiger partial charge is 0.207 e. The third-order valence-corrected chi connectivity index (χ3v) is 4.73. The SMILES string of the molecule is CC1=C(S(=O)(=O)Cl)C(C)CC(C(C)(C)C)=C1. The zero-order chi connectivity index (χ0) is 12.7. The summed E-state index contributed by atoms with van der Waals surface area (Å²) in [7, 11) is 1.86. The summed E-state index contributed by atoms with van der Waals surface area (Å²) in [6.07, 6.45) is 2.73. The molecule has 0 N–H and O–H groups in total. The van der Waals surface area contributed by atoms with Gasteiger partial charge in [-0.05, 0) is 30.3 Å². The molecule has 0 aromatic heterocycles. The Hall–Kier alpha value is -0.280. The van der Waals surface area contributed by atoms with Crippen LogP contribution in [0.5, 0.6) is 0 Å². The van der Waals surface area contributed by atoms with E-state index in [1.807, 2.05) is 19.9 Å². The van der Waals surface area contributed by atoms with Gasteiger partial charge in [-0.3, -0.25) is 0 Å². The van der Waals surface area contributed by atoms with Crippen LogP contribution in [0.3, 0.4) is 0 Å². The Morgan fingerprint density at radius 1 is 1.38 bits per heavy atom. The van der Waals surface area contributed by atoms with Crippen molar-refractivity contribution in [2.24, 2.45) is 11.3 Å². The Bertz CT molecular complexity index is 450. The lowest BCUT2D eigenvalue weighted by Crippen LogP contribution is -2.19. The van der Waals surface area contributed by atoms with Gasteiger partial charge in [0.2, 0.25) is 0 Å². The highest BCUT2D eigenvalue weighted by atomic mass is 35.7. The van der Waals surface area contributed by atoms with E-state index in [1.54, 1.807) is 0 Å². The summed E-state index contributed by atoms with van der Waals surface area (Å²) < 4.78 is 22.9. The Kier molecular flexibility index (Phi) is 3.61. The van der Waals surface area contributed by atoms with Crippen molar-refractivity contribution in [2.75, 3.05) is 0 Å². The largest absolute Gasteiger partial charge is 0.258 e. The molecular formula is C12H19ClO2S. The fourth-order valence-corrected chi connectivity index (χ4v) is 3.99. The minimum Gasteiger partial charge on any atom is -0.207 e. The zero-order valence-corrected chi connectivity index (χ0v) is 12.0. The quantitative estimate of drug-likeness (QED) is 0.673. The lowest BCUT2D eigenvalue weighted by atomic mass is 9.77. The van der Waals surface area contributed by atoms with Gasteiger partial charge < -0.3 is 0 Å². The number of hydrogen-bond donors (Lipinski definition) is 0. The predicted molar refractivity (Wildman–Crippen MR) is 68.8 cm³/mol. The van der Waals surface area contributed by atoms with E-state index >= 15 is 0 Å². The van der Waals surface area contributed by atoms with Gasteiger partial charge >= 0.3 is 0 Å². The fourth-order valence-electron chi connectivity index (χ4n) is 2.16. The van der Waals surface area contributed by atoms with Gasteiger partial charge in [-0.2, -0.15) is 0 Å². The molecule has 2 nitrogen and oxygen atoms in total. The molecule has 0 fully saturated rings. The Balaban J connectivity index is 3.30. The van der Waals surface area contributed by atoms with E-state index in [2.05, 4.69) is 20.8 Å². The highest BCUT2D eigenvalue weighted by molar-refractivity contribution is 8.16. The summed E-state index contributed by atoms with van der Waals surface area (Å²) in [5.74, 6) is -0.0262. The maximum atomic E-state index is 11.4. The van der Waals surface area contributed by atoms with Gasteiger partial charge in [-0.15, -0.1) is 0 Å². The van der Waals surface area contributed by atoms with Gasteiger partial charge in [0.25, 0.3) is 9.05 Å². The summed E-state index contributed by atoms with van der Waals surface area (Å²) in [6.45, 7) is 10.1. The molecule has 0 aromatic carbocycles. The molecule has 0 aromatic rings. The number of rotatable bonds is 1. The van der Waals surface area contributed by atoms with Crippen molar-refractivity contribution in [1.29, 1.82) is 0 Å². The van der Waals surface area contributed by atoms with Gasteiger partial charge in [0.15, 0.2) is 0 Å². The van der Waals surface area contributed by atoms with Crippen LogP contribution < -0.4 is 0 Å². The first-order chi connectivity index (χ1) is 7.03. The van der Waals surface area contributed by atoms with E-state index in [1.165, 1.54) is 5.57 Å². The molecule has 1 rings (SSSR count). The molecule has 1 aliphatic carbocycles. The first kappa shape index (κ1) is 13.8. The first-order valence-electron chi connectivity index (χ1n) is 5.40. The monoisotopic (exact) mass is 262 g/mol. The molecule has 0 saturated carbocycles. The number of halogens is 1. The second-order valence-electron chi connectivity index (χ2n) is 5.51. The molecule has 0 aliphatic heterocycles. The van der Waals surface area contributed by atoms with Crippen molar-refractivity contribution >= 4 is 19.7 Å². The van der Waals surface area contributed by atoms with Crippen LogP contribution in [0, 0.1) is 11.3 Å². The molecule has 0 radical (unpaired) electrons. The lowest BCUT2D eigenvalue weighted by Gasteiger charge is -2.30. The third-order valence-electron chi connectivity index (χ3n) is 2.98. The summed E-state index contributed by atoms with van der Waals surface area (Å²) in [5, 5.41) is 0. The molecule has 0 spiro atoms. The summed E-state index contributed by atoms with van der Waals surface area (Å²) in [4.78, 5) is 0.377. The maximum Gasteiger partial charge on any atom is 0.258 e. The molecule has 1 aliphatic rings. The Morgan fingerprint density at radius 2 is 1.88 bits per heavy atom. The van der Waals surface area contributed by atoms with Crippen LogP contribution in [0.4, 0.5) is 0 Å². The Labute approximate surface area is 103 Å². The summed E-state index contributed by atoms with van der Waals surface area (Å²) >= 11 is 0. The molecule has 0 amide bonds. The standard InChI is InChI=1S/C12H19ClO2S/c1-8-6-10(12(3,4)5)7-9(2)11(8)16(13,14)15/h6,9H,7H2,1-5H3. The average Bonchev–Trinajstić information content (AvgIpc) is 1.97. The van der Waals surface area contributed by atoms with Crippen LogP contribution in [-0.4, -0.2) is 8.42 Å². The van der Waals surface area contributed by atoms with Gasteiger partial charge in [0.05, 0.1) is 4.91 Å².